The Bertz CT molecular complexity index is 1250. The molecule has 0 aromatic carbocycles. The number of unbranched alkanes of at least 4 members (excludes halogenated alkanes) is 36. The van der Waals surface area contributed by atoms with Crippen LogP contribution in [0.5, 0.6) is 0 Å². The Morgan fingerprint density at radius 2 is 0.831 bits per heavy atom. The van der Waals surface area contributed by atoms with E-state index in [1.165, 1.54) is 205 Å². The van der Waals surface area contributed by atoms with Gasteiger partial charge in [-0.1, -0.05) is 262 Å². The first kappa shape index (κ1) is 67.2. The summed E-state index contributed by atoms with van der Waals surface area (Å²) >= 11 is 0. The second-order valence-electron chi connectivity index (χ2n) is 21.1. The van der Waals surface area contributed by atoms with Crippen LogP contribution in [0.3, 0.4) is 0 Å². The average Bonchev–Trinajstić information content (AvgIpc) is 3.37. The third-order valence-corrected chi connectivity index (χ3v) is 14.3. The van der Waals surface area contributed by atoms with Crippen molar-refractivity contribution in [2.45, 2.75) is 326 Å². The minimum Gasteiger partial charge on any atom is -0.394 e. The Morgan fingerprint density at radius 1 is 0.465 bits per heavy atom. The lowest BCUT2D eigenvalue weighted by molar-refractivity contribution is -0.302. The Kier molecular flexibility index (Phi) is 48.8. The molecule has 0 spiro atoms. The molecule has 0 radical (unpaired) electrons. The zero-order valence-electron chi connectivity index (χ0n) is 46.2. The fourth-order valence-electron chi connectivity index (χ4n) is 9.55. The van der Waals surface area contributed by atoms with Gasteiger partial charge in [0.25, 0.3) is 0 Å². The number of nitrogens with one attached hydrogen (secondary N) is 1. The number of allylic oxidation sites excluding steroid dienone is 7. The highest BCUT2D eigenvalue weighted by Gasteiger charge is 2.44. The SMILES string of the molecule is CCC/C=C/CC/C=C/CC/C=C/C(O)C(COC1OC(CO)C(O)C(O)C1O)NC(=O)CCCCCCCCCCCCCCCCCCC/C=C\CCCCCCCCCCCCCCCCCC. The summed E-state index contributed by atoms with van der Waals surface area (Å²) in [4.78, 5) is 13.0. The molecule has 0 aliphatic carbocycles. The number of aliphatic hydroxyl groups is 5. The highest BCUT2D eigenvalue weighted by molar-refractivity contribution is 5.76. The first-order valence-corrected chi connectivity index (χ1v) is 30.4. The van der Waals surface area contributed by atoms with Gasteiger partial charge in [0.2, 0.25) is 5.91 Å². The molecular weight excluding hydrogens is 887 g/mol. The van der Waals surface area contributed by atoms with E-state index in [1.807, 2.05) is 6.08 Å². The molecule has 1 aliphatic rings. The van der Waals surface area contributed by atoms with Crippen LogP contribution in [0.15, 0.2) is 48.6 Å². The van der Waals surface area contributed by atoms with Crippen molar-refractivity contribution in [3.63, 3.8) is 0 Å². The maximum absolute atomic E-state index is 13.0. The summed E-state index contributed by atoms with van der Waals surface area (Å²) in [5, 5.41) is 54.3. The standard InChI is InChI=1S/C62H115NO8/c1-3-5-7-9-11-13-15-16-17-18-19-20-21-22-23-24-25-26-27-28-29-30-31-32-33-34-35-36-37-38-39-40-42-44-46-48-50-52-58(66)63-55(54-70-62-61(69)60(68)59(67)57(53-64)71-62)56(65)51-49-47-45-43-41-14-12-10-8-6-4-2/h8,10,26-27,41,43,49,51,55-57,59-62,64-65,67-69H,3-7,9,11-25,28-40,42,44-48,50,52-54H2,1-2H3,(H,63,66)/b10-8+,27-26-,43-41+,51-49+. The lowest BCUT2D eigenvalue weighted by Crippen LogP contribution is -2.60. The smallest absolute Gasteiger partial charge is 0.220 e. The Morgan fingerprint density at radius 3 is 1.24 bits per heavy atom. The number of hydrogen-bond donors (Lipinski definition) is 6. The zero-order valence-corrected chi connectivity index (χ0v) is 46.2. The summed E-state index contributed by atoms with van der Waals surface area (Å²) in [6.07, 6.45) is 62.3. The summed E-state index contributed by atoms with van der Waals surface area (Å²) < 4.78 is 11.2. The van der Waals surface area contributed by atoms with Crippen LogP contribution in [-0.4, -0.2) is 87.5 Å². The van der Waals surface area contributed by atoms with Gasteiger partial charge in [0.15, 0.2) is 6.29 Å². The number of ether oxygens (including phenoxy) is 2. The third kappa shape index (κ3) is 41.1. The predicted molar refractivity (Wildman–Crippen MR) is 299 cm³/mol. The molecule has 1 fully saturated rings. The third-order valence-electron chi connectivity index (χ3n) is 14.3. The lowest BCUT2D eigenvalue weighted by Gasteiger charge is -2.40. The molecule has 71 heavy (non-hydrogen) atoms. The van der Waals surface area contributed by atoms with Crippen molar-refractivity contribution in [3.05, 3.63) is 48.6 Å². The summed E-state index contributed by atoms with van der Waals surface area (Å²) in [6, 6.07) is -0.826. The van der Waals surface area contributed by atoms with Crippen LogP contribution >= 0.6 is 0 Å². The van der Waals surface area contributed by atoms with Gasteiger partial charge in [0.1, 0.15) is 24.4 Å². The van der Waals surface area contributed by atoms with Gasteiger partial charge >= 0.3 is 0 Å². The molecule has 1 saturated heterocycles. The largest absolute Gasteiger partial charge is 0.394 e. The molecule has 0 aromatic heterocycles. The maximum Gasteiger partial charge on any atom is 0.220 e. The van der Waals surface area contributed by atoms with E-state index in [1.54, 1.807) is 6.08 Å². The summed E-state index contributed by atoms with van der Waals surface area (Å²) in [5.41, 5.74) is 0. The second kappa shape index (κ2) is 51.6. The minimum absolute atomic E-state index is 0.190. The van der Waals surface area contributed by atoms with Crippen LogP contribution in [0, 0.1) is 0 Å². The number of aliphatic hydroxyl groups excluding tert-OH is 5. The van der Waals surface area contributed by atoms with Gasteiger partial charge in [-0.2, -0.15) is 0 Å². The van der Waals surface area contributed by atoms with Gasteiger partial charge in [-0.3, -0.25) is 4.79 Å². The number of hydrogen-bond acceptors (Lipinski definition) is 8. The van der Waals surface area contributed by atoms with E-state index in [0.29, 0.717) is 6.42 Å². The van der Waals surface area contributed by atoms with Crippen molar-refractivity contribution in [1.82, 2.24) is 5.32 Å². The van der Waals surface area contributed by atoms with Crippen molar-refractivity contribution in [2.75, 3.05) is 13.2 Å². The van der Waals surface area contributed by atoms with E-state index < -0.39 is 49.5 Å². The van der Waals surface area contributed by atoms with Crippen LogP contribution in [0.4, 0.5) is 0 Å². The van der Waals surface area contributed by atoms with Gasteiger partial charge < -0.3 is 40.3 Å². The zero-order chi connectivity index (χ0) is 51.5. The fraction of sp³-hybridized carbons (Fsp3) is 0.855. The average molecular weight is 1000 g/mol. The first-order chi connectivity index (χ1) is 34.8. The van der Waals surface area contributed by atoms with Gasteiger partial charge in [-0.25, -0.2) is 0 Å². The van der Waals surface area contributed by atoms with Crippen molar-refractivity contribution < 1.29 is 39.8 Å². The molecule has 7 unspecified atom stereocenters. The molecule has 0 bridgehead atoms. The normalized spacial score (nSPS) is 19.6. The molecule has 6 N–H and O–H groups in total. The number of rotatable bonds is 52. The molecule has 0 aromatic rings. The predicted octanol–water partition coefficient (Wildman–Crippen LogP) is 15.3. The number of carbonyl (C=O) groups is 1. The Hall–Kier alpha value is -1.85. The Labute approximate surface area is 437 Å². The summed E-state index contributed by atoms with van der Waals surface area (Å²) in [6.45, 7) is 3.69. The van der Waals surface area contributed by atoms with Crippen molar-refractivity contribution in [3.8, 4) is 0 Å². The number of amides is 1. The van der Waals surface area contributed by atoms with Crippen LogP contribution in [0.25, 0.3) is 0 Å². The van der Waals surface area contributed by atoms with Gasteiger partial charge in [0, 0.05) is 6.42 Å². The molecule has 7 atom stereocenters. The summed E-state index contributed by atoms with van der Waals surface area (Å²) in [7, 11) is 0. The fourth-order valence-corrected chi connectivity index (χ4v) is 9.55. The van der Waals surface area contributed by atoms with Crippen LogP contribution in [-0.2, 0) is 14.3 Å². The summed E-state index contributed by atoms with van der Waals surface area (Å²) in [5.74, 6) is -0.190. The van der Waals surface area contributed by atoms with E-state index in [4.69, 9.17) is 9.47 Å². The molecule has 416 valence electrons. The molecule has 1 rings (SSSR count). The van der Waals surface area contributed by atoms with E-state index in [0.717, 1.165) is 57.8 Å². The van der Waals surface area contributed by atoms with Gasteiger partial charge in [-0.15, -0.1) is 0 Å². The molecular formula is C62H115NO8. The molecule has 9 heteroatoms. The number of carbonyl (C=O) groups excluding carboxylic acids is 1. The molecule has 0 saturated carbocycles. The van der Waals surface area contributed by atoms with Gasteiger partial charge in [0.05, 0.1) is 25.4 Å². The monoisotopic (exact) mass is 1000 g/mol. The van der Waals surface area contributed by atoms with Crippen LogP contribution in [0.2, 0.25) is 0 Å². The van der Waals surface area contributed by atoms with Crippen molar-refractivity contribution >= 4 is 5.91 Å². The molecule has 1 amide bonds. The topological polar surface area (TPSA) is 149 Å². The lowest BCUT2D eigenvalue weighted by atomic mass is 9.99. The molecule has 1 heterocycles. The van der Waals surface area contributed by atoms with E-state index in [-0.39, 0.29) is 12.5 Å². The molecule has 9 nitrogen and oxygen atoms in total. The van der Waals surface area contributed by atoms with E-state index in [2.05, 4.69) is 55.6 Å². The van der Waals surface area contributed by atoms with E-state index in [9.17, 15) is 30.3 Å². The first-order valence-electron chi connectivity index (χ1n) is 30.4. The highest BCUT2D eigenvalue weighted by atomic mass is 16.7. The second-order valence-corrected chi connectivity index (χ2v) is 21.1. The van der Waals surface area contributed by atoms with Gasteiger partial charge in [-0.05, 0) is 64.2 Å². The van der Waals surface area contributed by atoms with Crippen molar-refractivity contribution in [1.29, 1.82) is 0 Å². The highest BCUT2D eigenvalue weighted by Crippen LogP contribution is 2.23. The minimum atomic E-state index is -1.57. The van der Waals surface area contributed by atoms with Crippen LogP contribution < -0.4 is 5.32 Å². The van der Waals surface area contributed by atoms with E-state index >= 15 is 0 Å². The van der Waals surface area contributed by atoms with Crippen LogP contribution in [0.1, 0.15) is 284 Å². The van der Waals surface area contributed by atoms with Crippen molar-refractivity contribution in [2.24, 2.45) is 0 Å². The quantitative estimate of drug-likeness (QED) is 0.0261. The Balaban J connectivity index is 2.04. The maximum atomic E-state index is 13.0. The molecule has 1 aliphatic heterocycles.